The van der Waals surface area contributed by atoms with Crippen LogP contribution >= 0.6 is 12.4 Å². The van der Waals surface area contributed by atoms with Crippen LogP contribution in [0.3, 0.4) is 0 Å². The zero-order chi connectivity index (χ0) is 20.0. The lowest BCUT2D eigenvalue weighted by molar-refractivity contribution is -0.146. The number of methoxy groups -OCH3 is 1. The summed E-state index contributed by atoms with van der Waals surface area (Å²) in [4.78, 5) is 24.8. The van der Waals surface area contributed by atoms with Crippen molar-refractivity contribution in [1.82, 2.24) is 10.6 Å². The minimum absolute atomic E-state index is 0. The highest BCUT2D eigenvalue weighted by molar-refractivity contribution is 6.04. The van der Waals surface area contributed by atoms with Crippen LogP contribution in [0.15, 0.2) is 48.5 Å². The van der Waals surface area contributed by atoms with E-state index in [0.29, 0.717) is 30.6 Å². The van der Waals surface area contributed by atoms with Gasteiger partial charge in [0.1, 0.15) is 11.4 Å². The summed E-state index contributed by atoms with van der Waals surface area (Å²) in [6.45, 7) is 1.86. The number of anilines is 1. The van der Waals surface area contributed by atoms with Gasteiger partial charge in [0.2, 0.25) is 0 Å². The second-order valence-electron chi connectivity index (χ2n) is 6.79. The number of halogens is 2. The third-order valence-corrected chi connectivity index (χ3v) is 4.99. The van der Waals surface area contributed by atoms with Gasteiger partial charge in [-0.25, -0.2) is 4.39 Å². The molecule has 1 aliphatic rings. The number of ether oxygens (including phenoxy) is 1. The number of benzene rings is 2. The molecule has 0 aliphatic carbocycles. The van der Waals surface area contributed by atoms with E-state index >= 15 is 0 Å². The molecule has 0 radical (unpaired) electrons. The standard InChI is InChI=1S/C21H24FN3O3.ClH/c1-28-21(10-12-23-13-11-21)20(27)24-14-15-2-4-16(5-3-15)19(26)25-18-8-6-17(22)7-9-18;/h2-9,23H,10-14H2,1H3,(H,24,27)(H,25,26);1H. The number of hydrogen-bond acceptors (Lipinski definition) is 4. The largest absolute Gasteiger partial charge is 0.368 e. The Hall–Kier alpha value is -2.48. The quantitative estimate of drug-likeness (QED) is 0.670. The van der Waals surface area contributed by atoms with Crippen molar-refractivity contribution in [3.63, 3.8) is 0 Å². The van der Waals surface area contributed by atoms with E-state index < -0.39 is 5.60 Å². The Bertz CT molecular complexity index is 822. The highest BCUT2D eigenvalue weighted by Gasteiger charge is 2.39. The molecule has 2 aromatic carbocycles. The average Bonchev–Trinajstić information content (AvgIpc) is 2.74. The number of hydrogen-bond donors (Lipinski definition) is 3. The minimum Gasteiger partial charge on any atom is -0.368 e. The molecule has 0 spiro atoms. The van der Waals surface area contributed by atoms with Gasteiger partial charge in [-0.3, -0.25) is 9.59 Å². The highest BCUT2D eigenvalue weighted by Crippen LogP contribution is 2.22. The van der Waals surface area contributed by atoms with Gasteiger partial charge in [-0.05, 0) is 67.9 Å². The van der Waals surface area contributed by atoms with Crippen LogP contribution in [0.5, 0.6) is 0 Å². The maximum absolute atomic E-state index is 12.9. The predicted molar refractivity (Wildman–Crippen MR) is 112 cm³/mol. The summed E-state index contributed by atoms with van der Waals surface area (Å²) in [5.74, 6) is -0.756. The first kappa shape index (κ1) is 22.8. The fourth-order valence-corrected chi connectivity index (χ4v) is 3.21. The van der Waals surface area contributed by atoms with Gasteiger partial charge in [-0.15, -0.1) is 12.4 Å². The molecule has 0 bridgehead atoms. The monoisotopic (exact) mass is 421 g/mol. The molecule has 0 aromatic heterocycles. The lowest BCUT2D eigenvalue weighted by Crippen LogP contribution is -2.53. The summed E-state index contributed by atoms with van der Waals surface area (Å²) in [7, 11) is 1.57. The third kappa shape index (κ3) is 5.76. The molecule has 1 fully saturated rings. The summed E-state index contributed by atoms with van der Waals surface area (Å²) in [5.41, 5.74) is 1.10. The van der Waals surface area contributed by atoms with Crippen LogP contribution in [-0.4, -0.2) is 37.6 Å². The van der Waals surface area contributed by atoms with Crippen molar-refractivity contribution in [2.24, 2.45) is 0 Å². The number of carbonyl (C=O) groups is 2. The van der Waals surface area contributed by atoms with Gasteiger partial charge in [-0.1, -0.05) is 12.1 Å². The van der Waals surface area contributed by atoms with E-state index in [1.165, 1.54) is 24.3 Å². The number of rotatable bonds is 6. The third-order valence-electron chi connectivity index (χ3n) is 4.99. The summed E-state index contributed by atoms with van der Waals surface area (Å²) < 4.78 is 18.4. The van der Waals surface area contributed by atoms with Crippen molar-refractivity contribution >= 4 is 29.9 Å². The van der Waals surface area contributed by atoms with E-state index in [9.17, 15) is 14.0 Å². The van der Waals surface area contributed by atoms with E-state index in [1.54, 1.807) is 31.4 Å². The number of amides is 2. The molecule has 29 heavy (non-hydrogen) atoms. The molecule has 3 N–H and O–H groups in total. The molecular formula is C21H25ClFN3O3. The van der Waals surface area contributed by atoms with E-state index in [0.717, 1.165) is 18.7 Å². The summed E-state index contributed by atoms with van der Waals surface area (Å²) in [6.07, 6.45) is 1.27. The van der Waals surface area contributed by atoms with Crippen molar-refractivity contribution in [2.45, 2.75) is 25.0 Å². The number of piperidine rings is 1. The van der Waals surface area contributed by atoms with Crippen molar-refractivity contribution in [1.29, 1.82) is 0 Å². The van der Waals surface area contributed by atoms with Gasteiger partial charge < -0.3 is 20.7 Å². The van der Waals surface area contributed by atoms with Crippen LogP contribution in [0.4, 0.5) is 10.1 Å². The normalized spacial score (nSPS) is 15.1. The Morgan fingerprint density at radius 3 is 2.28 bits per heavy atom. The first-order chi connectivity index (χ1) is 13.5. The topological polar surface area (TPSA) is 79.5 Å². The molecule has 2 aromatic rings. The van der Waals surface area contributed by atoms with Gasteiger partial charge in [0, 0.05) is 24.9 Å². The SMILES string of the molecule is COC1(C(=O)NCc2ccc(C(=O)Nc3ccc(F)cc3)cc2)CCNCC1.Cl. The Kier molecular flexibility index (Phi) is 8.13. The molecular weight excluding hydrogens is 397 g/mol. The van der Waals surface area contributed by atoms with Gasteiger partial charge in [-0.2, -0.15) is 0 Å². The van der Waals surface area contributed by atoms with Crippen molar-refractivity contribution in [3.05, 3.63) is 65.5 Å². The fraction of sp³-hybridized carbons (Fsp3) is 0.333. The van der Waals surface area contributed by atoms with Crippen LogP contribution in [0.1, 0.15) is 28.8 Å². The first-order valence-electron chi connectivity index (χ1n) is 9.22. The fourth-order valence-electron chi connectivity index (χ4n) is 3.21. The van der Waals surface area contributed by atoms with Gasteiger partial charge in [0.05, 0.1) is 0 Å². The maximum Gasteiger partial charge on any atom is 0.255 e. The second kappa shape index (κ2) is 10.3. The van der Waals surface area contributed by atoms with E-state index in [1.807, 2.05) is 0 Å². The molecule has 8 heteroatoms. The molecule has 0 atom stereocenters. The first-order valence-corrected chi connectivity index (χ1v) is 9.22. The highest BCUT2D eigenvalue weighted by atomic mass is 35.5. The lowest BCUT2D eigenvalue weighted by atomic mass is 9.91. The molecule has 2 amide bonds. The van der Waals surface area contributed by atoms with Crippen LogP contribution in [0.25, 0.3) is 0 Å². The zero-order valence-electron chi connectivity index (χ0n) is 16.2. The molecule has 1 heterocycles. The number of nitrogens with one attached hydrogen (secondary N) is 3. The smallest absolute Gasteiger partial charge is 0.255 e. The van der Waals surface area contributed by atoms with Crippen LogP contribution in [0.2, 0.25) is 0 Å². The Balaban J connectivity index is 0.00000300. The molecule has 6 nitrogen and oxygen atoms in total. The lowest BCUT2D eigenvalue weighted by Gasteiger charge is -2.34. The Morgan fingerprint density at radius 1 is 1.07 bits per heavy atom. The molecule has 3 rings (SSSR count). The Morgan fingerprint density at radius 2 is 1.69 bits per heavy atom. The van der Waals surface area contributed by atoms with Crippen LogP contribution < -0.4 is 16.0 Å². The molecule has 1 aliphatic heterocycles. The van der Waals surface area contributed by atoms with Crippen molar-refractivity contribution in [2.75, 3.05) is 25.5 Å². The van der Waals surface area contributed by atoms with Gasteiger partial charge in [0.15, 0.2) is 0 Å². The van der Waals surface area contributed by atoms with Crippen LogP contribution in [-0.2, 0) is 16.1 Å². The van der Waals surface area contributed by atoms with Crippen molar-refractivity contribution < 1.29 is 18.7 Å². The second-order valence-corrected chi connectivity index (χ2v) is 6.79. The van der Waals surface area contributed by atoms with E-state index in [2.05, 4.69) is 16.0 Å². The summed E-state index contributed by atoms with van der Waals surface area (Å²) in [6, 6.07) is 12.6. The summed E-state index contributed by atoms with van der Waals surface area (Å²) in [5, 5.41) is 8.86. The zero-order valence-corrected chi connectivity index (χ0v) is 17.0. The van der Waals surface area contributed by atoms with Crippen molar-refractivity contribution in [3.8, 4) is 0 Å². The molecule has 0 unspecified atom stereocenters. The van der Waals surface area contributed by atoms with Gasteiger partial charge >= 0.3 is 0 Å². The molecule has 156 valence electrons. The van der Waals surface area contributed by atoms with E-state index in [-0.39, 0.29) is 30.0 Å². The van der Waals surface area contributed by atoms with E-state index in [4.69, 9.17) is 4.74 Å². The number of carbonyl (C=O) groups excluding carboxylic acids is 2. The molecule has 0 saturated carbocycles. The maximum atomic E-state index is 12.9. The van der Waals surface area contributed by atoms with Gasteiger partial charge in [0.25, 0.3) is 11.8 Å². The average molecular weight is 422 g/mol. The van der Waals surface area contributed by atoms with Crippen LogP contribution in [0, 0.1) is 5.82 Å². The minimum atomic E-state index is -0.778. The Labute approximate surface area is 175 Å². The molecule has 1 saturated heterocycles. The summed E-state index contributed by atoms with van der Waals surface area (Å²) >= 11 is 0. The predicted octanol–water partition coefficient (Wildman–Crippen LogP) is 2.88.